The molecule has 96 valence electrons. The Hall–Kier alpha value is -1.81. The predicted octanol–water partition coefficient (Wildman–Crippen LogP) is 1.22. The molecule has 0 saturated heterocycles. The molecule has 1 aromatic heterocycles. The number of benzene rings is 1. The van der Waals surface area contributed by atoms with Gasteiger partial charge in [-0.3, -0.25) is 4.79 Å². The number of nitrogens with zero attached hydrogens (tertiary/aromatic N) is 1. The topological polar surface area (TPSA) is 54.3 Å². The van der Waals surface area contributed by atoms with Gasteiger partial charge in [0.05, 0.1) is 6.61 Å². The lowest BCUT2D eigenvalue weighted by Crippen LogP contribution is -2.26. The maximum atomic E-state index is 11.2. The van der Waals surface area contributed by atoms with Crippen LogP contribution in [0.3, 0.4) is 0 Å². The van der Waals surface area contributed by atoms with Crippen molar-refractivity contribution in [3.8, 4) is 0 Å². The van der Waals surface area contributed by atoms with Gasteiger partial charge in [0, 0.05) is 37.1 Å². The van der Waals surface area contributed by atoms with E-state index in [9.17, 15) is 4.79 Å². The van der Waals surface area contributed by atoms with Crippen LogP contribution in [0, 0.1) is 0 Å². The molecule has 0 fully saturated rings. The molecule has 0 aliphatic rings. The highest BCUT2D eigenvalue weighted by Crippen LogP contribution is 2.20. The molecule has 18 heavy (non-hydrogen) atoms. The van der Waals surface area contributed by atoms with Gasteiger partial charge in [0.15, 0.2) is 0 Å². The first-order chi connectivity index (χ1) is 8.72. The monoisotopic (exact) mass is 246 g/mol. The van der Waals surface area contributed by atoms with E-state index < -0.39 is 0 Å². The van der Waals surface area contributed by atoms with Crippen molar-refractivity contribution in [3.63, 3.8) is 0 Å². The number of carbonyl (C=O) groups is 1. The van der Waals surface area contributed by atoms with Crippen LogP contribution >= 0.6 is 0 Å². The third-order valence-corrected chi connectivity index (χ3v) is 3.03. The summed E-state index contributed by atoms with van der Waals surface area (Å²) in [5, 5.41) is 12.7. The lowest BCUT2D eigenvalue weighted by molar-refractivity contribution is -0.121. The number of aromatic nitrogens is 1. The van der Waals surface area contributed by atoms with Crippen LogP contribution in [0.4, 0.5) is 0 Å². The Bertz CT molecular complexity index is 546. The van der Waals surface area contributed by atoms with Crippen LogP contribution in [0.2, 0.25) is 0 Å². The molecular formula is C14H18N2O2. The molecule has 0 aliphatic heterocycles. The Labute approximate surface area is 106 Å². The Kier molecular flexibility index (Phi) is 3.99. The summed E-state index contributed by atoms with van der Waals surface area (Å²) in [4.78, 5) is 11.2. The summed E-state index contributed by atoms with van der Waals surface area (Å²) in [6.45, 7) is 0.507. The second-order valence-electron chi connectivity index (χ2n) is 4.36. The molecule has 0 aliphatic carbocycles. The minimum absolute atomic E-state index is 0.0971. The molecule has 1 heterocycles. The van der Waals surface area contributed by atoms with Gasteiger partial charge < -0.3 is 15.0 Å². The number of hydrogen-bond acceptors (Lipinski definition) is 2. The van der Waals surface area contributed by atoms with Crippen molar-refractivity contribution in [1.29, 1.82) is 0 Å². The van der Waals surface area contributed by atoms with Crippen molar-refractivity contribution in [3.05, 3.63) is 36.0 Å². The predicted molar refractivity (Wildman–Crippen MR) is 71.3 cm³/mol. The quantitative estimate of drug-likeness (QED) is 0.833. The summed E-state index contributed by atoms with van der Waals surface area (Å²) in [5.74, 6) is -0.0993. The van der Waals surface area contributed by atoms with Crippen LogP contribution in [0.5, 0.6) is 0 Å². The molecular weight excluding hydrogens is 228 g/mol. The number of carbonyl (C=O) groups excluding carboxylic acids is 1. The first-order valence-corrected chi connectivity index (χ1v) is 6.13. The number of fused-ring (bicyclic) bond motifs is 1. The van der Waals surface area contributed by atoms with E-state index in [0.29, 0.717) is 6.54 Å². The van der Waals surface area contributed by atoms with Crippen LogP contribution in [0.1, 0.15) is 12.0 Å². The van der Waals surface area contributed by atoms with E-state index >= 15 is 0 Å². The Balaban J connectivity index is 2.02. The highest BCUT2D eigenvalue weighted by molar-refractivity contribution is 5.84. The lowest BCUT2D eigenvalue weighted by atomic mass is 10.1. The van der Waals surface area contributed by atoms with Crippen molar-refractivity contribution in [2.75, 3.05) is 13.2 Å². The number of nitrogens with one attached hydrogen (secondary N) is 1. The van der Waals surface area contributed by atoms with Crippen LogP contribution in [-0.4, -0.2) is 28.7 Å². The van der Waals surface area contributed by atoms with Gasteiger partial charge in [-0.15, -0.1) is 0 Å². The molecule has 0 bridgehead atoms. The Morgan fingerprint density at radius 3 is 2.94 bits per heavy atom. The van der Waals surface area contributed by atoms with E-state index in [2.05, 4.69) is 28.2 Å². The summed E-state index contributed by atoms with van der Waals surface area (Å²) in [7, 11) is 2.02. The largest absolute Gasteiger partial charge is 0.396 e. The number of amides is 1. The molecule has 0 spiro atoms. The van der Waals surface area contributed by atoms with Gasteiger partial charge in [0.1, 0.15) is 0 Å². The van der Waals surface area contributed by atoms with Gasteiger partial charge >= 0.3 is 0 Å². The molecule has 0 saturated carbocycles. The fraction of sp³-hybridized carbons (Fsp3) is 0.357. The molecule has 2 aromatic rings. The number of rotatable bonds is 5. The van der Waals surface area contributed by atoms with E-state index in [1.807, 2.05) is 19.2 Å². The molecule has 4 nitrogen and oxygen atoms in total. The average molecular weight is 246 g/mol. The fourth-order valence-electron chi connectivity index (χ4n) is 2.15. The summed E-state index contributed by atoms with van der Waals surface area (Å²) in [6, 6.07) is 8.23. The molecule has 0 unspecified atom stereocenters. The highest BCUT2D eigenvalue weighted by atomic mass is 16.3. The molecule has 4 heteroatoms. The summed E-state index contributed by atoms with van der Waals surface area (Å²) in [6.07, 6.45) is 3.08. The van der Waals surface area contributed by atoms with Gasteiger partial charge in [-0.25, -0.2) is 0 Å². The first-order valence-electron chi connectivity index (χ1n) is 6.13. The smallest absolute Gasteiger partial charge is 0.222 e. The third kappa shape index (κ3) is 2.71. The Morgan fingerprint density at radius 2 is 2.17 bits per heavy atom. The molecule has 2 rings (SSSR count). The standard InChI is InChI=1S/C14H18N2O2/c1-16-10-11(6-8-15-14(18)7-9-17)12-4-2-3-5-13(12)16/h2-5,10,17H,6-9H2,1H3,(H,15,18). The molecule has 2 N–H and O–H groups in total. The van der Waals surface area contributed by atoms with Gasteiger partial charge in [-0.1, -0.05) is 18.2 Å². The van der Waals surface area contributed by atoms with Crippen LogP contribution in [0.25, 0.3) is 10.9 Å². The number of aryl methyl sites for hydroxylation is 1. The molecule has 0 radical (unpaired) electrons. The summed E-state index contributed by atoms with van der Waals surface area (Å²) >= 11 is 0. The number of aliphatic hydroxyl groups is 1. The second-order valence-corrected chi connectivity index (χ2v) is 4.36. The van der Waals surface area contributed by atoms with Crippen molar-refractivity contribution in [2.45, 2.75) is 12.8 Å². The SMILES string of the molecule is Cn1cc(CCNC(=O)CCO)c2ccccc21. The van der Waals surface area contributed by atoms with E-state index in [1.165, 1.54) is 16.5 Å². The molecule has 1 aromatic carbocycles. The number of para-hydroxylation sites is 1. The number of hydrogen-bond donors (Lipinski definition) is 2. The lowest BCUT2D eigenvalue weighted by Gasteiger charge is -2.03. The maximum absolute atomic E-state index is 11.2. The van der Waals surface area contributed by atoms with Crippen LogP contribution < -0.4 is 5.32 Å². The van der Waals surface area contributed by atoms with Crippen molar-refractivity contribution in [2.24, 2.45) is 7.05 Å². The van der Waals surface area contributed by atoms with Gasteiger partial charge in [0.25, 0.3) is 0 Å². The zero-order chi connectivity index (χ0) is 13.0. The second kappa shape index (κ2) is 5.69. The van der Waals surface area contributed by atoms with E-state index in [4.69, 9.17) is 5.11 Å². The van der Waals surface area contributed by atoms with Crippen molar-refractivity contribution >= 4 is 16.8 Å². The average Bonchev–Trinajstić information content (AvgIpc) is 2.68. The Morgan fingerprint density at radius 1 is 1.39 bits per heavy atom. The minimum atomic E-state index is -0.0993. The van der Waals surface area contributed by atoms with Crippen molar-refractivity contribution in [1.82, 2.24) is 9.88 Å². The maximum Gasteiger partial charge on any atom is 0.222 e. The zero-order valence-electron chi connectivity index (χ0n) is 10.5. The van der Waals surface area contributed by atoms with Crippen LogP contribution in [0.15, 0.2) is 30.5 Å². The first kappa shape index (κ1) is 12.6. The summed E-state index contributed by atoms with van der Waals surface area (Å²) < 4.78 is 2.10. The van der Waals surface area contributed by atoms with Crippen molar-refractivity contribution < 1.29 is 9.90 Å². The fourth-order valence-corrected chi connectivity index (χ4v) is 2.15. The highest BCUT2D eigenvalue weighted by Gasteiger charge is 2.06. The normalized spacial score (nSPS) is 10.8. The van der Waals surface area contributed by atoms with Crippen LogP contribution in [-0.2, 0) is 18.3 Å². The van der Waals surface area contributed by atoms with Gasteiger partial charge in [-0.05, 0) is 18.1 Å². The molecule has 0 atom stereocenters. The van der Waals surface area contributed by atoms with E-state index in [1.54, 1.807) is 0 Å². The minimum Gasteiger partial charge on any atom is -0.396 e. The van der Waals surface area contributed by atoms with Gasteiger partial charge in [0.2, 0.25) is 5.91 Å². The summed E-state index contributed by atoms with van der Waals surface area (Å²) in [5.41, 5.74) is 2.44. The zero-order valence-corrected chi connectivity index (χ0v) is 10.5. The van der Waals surface area contributed by atoms with E-state index in [0.717, 1.165) is 6.42 Å². The van der Waals surface area contributed by atoms with E-state index in [-0.39, 0.29) is 18.9 Å². The number of aliphatic hydroxyl groups excluding tert-OH is 1. The molecule has 1 amide bonds. The van der Waals surface area contributed by atoms with Gasteiger partial charge in [-0.2, -0.15) is 0 Å². The third-order valence-electron chi connectivity index (χ3n) is 3.03.